The third-order valence-corrected chi connectivity index (χ3v) is 8.44. The number of allylic oxidation sites excluding steroid dienone is 4. The Balaban J connectivity index is 1.47. The summed E-state index contributed by atoms with van der Waals surface area (Å²) in [6.45, 7) is 9.18. The first kappa shape index (κ1) is 28.9. The van der Waals surface area contributed by atoms with Gasteiger partial charge < -0.3 is 19.3 Å². The molecule has 0 bridgehead atoms. The molecule has 210 valence electrons. The highest BCUT2D eigenvalue weighted by atomic mass is 16.5. The summed E-state index contributed by atoms with van der Waals surface area (Å²) < 4.78 is 7.40. The van der Waals surface area contributed by atoms with Gasteiger partial charge >= 0.3 is 0 Å². The Hall–Kier alpha value is -3.12. The molecule has 2 aliphatic rings. The van der Waals surface area contributed by atoms with Crippen LogP contribution in [0.15, 0.2) is 72.4 Å². The molecule has 6 nitrogen and oxygen atoms in total. The standard InChI is InChI=1S/C33H45N3O3/c1-23(2)32(39-5)18-9-24(3)26-12-10-25(11-13-26)20-36(33(38)27-14-16-30(37)17-15-27)29-8-6-7-28(19-29)31-21-35(4)22-34-31/h6-9,18-19,21-22,25-27,30,37H,3,10-17,20H2,1-2,4-5H3/b18-9-. The Morgan fingerprint density at radius 2 is 1.79 bits per heavy atom. The van der Waals surface area contributed by atoms with E-state index in [0.29, 0.717) is 24.7 Å². The Labute approximate surface area is 234 Å². The molecule has 1 N–H and O–H groups in total. The van der Waals surface area contributed by atoms with Crippen LogP contribution in [0.1, 0.15) is 65.2 Å². The maximum atomic E-state index is 13.9. The van der Waals surface area contributed by atoms with Crippen molar-refractivity contribution in [2.75, 3.05) is 18.6 Å². The van der Waals surface area contributed by atoms with Crippen LogP contribution in [-0.2, 0) is 16.6 Å². The molecule has 0 radical (unpaired) electrons. The number of rotatable bonds is 9. The summed E-state index contributed by atoms with van der Waals surface area (Å²) >= 11 is 0. The monoisotopic (exact) mass is 531 g/mol. The second-order valence-electron chi connectivity index (χ2n) is 11.6. The number of anilines is 1. The van der Waals surface area contributed by atoms with Gasteiger partial charge in [0.05, 0.1) is 25.2 Å². The van der Waals surface area contributed by atoms with Gasteiger partial charge in [-0.15, -0.1) is 0 Å². The van der Waals surface area contributed by atoms with Crippen molar-refractivity contribution in [1.82, 2.24) is 9.55 Å². The number of carbonyl (C=O) groups is 1. The lowest BCUT2D eigenvalue weighted by Gasteiger charge is -2.36. The fourth-order valence-electron chi connectivity index (χ4n) is 5.99. The van der Waals surface area contributed by atoms with Gasteiger partial charge in [0.15, 0.2) is 0 Å². The zero-order valence-electron chi connectivity index (χ0n) is 24.1. The maximum absolute atomic E-state index is 13.9. The average Bonchev–Trinajstić information content (AvgIpc) is 3.38. The summed E-state index contributed by atoms with van der Waals surface area (Å²) in [4.78, 5) is 20.5. The van der Waals surface area contributed by atoms with Crippen molar-refractivity contribution in [3.63, 3.8) is 0 Å². The van der Waals surface area contributed by atoms with Gasteiger partial charge in [-0.25, -0.2) is 4.98 Å². The largest absolute Gasteiger partial charge is 0.497 e. The first-order chi connectivity index (χ1) is 18.7. The molecule has 2 aliphatic carbocycles. The minimum atomic E-state index is -0.274. The van der Waals surface area contributed by atoms with E-state index in [1.807, 2.05) is 48.7 Å². The van der Waals surface area contributed by atoms with E-state index in [1.54, 1.807) is 13.4 Å². The minimum Gasteiger partial charge on any atom is -0.497 e. The van der Waals surface area contributed by atoms with E-state index in [2.05, 4.69) is 35.8 Å². The molecule has 4 rings (SSSR count). The number of hydrogen-bond acceptors (Lipinski definition) is 4. The molecular weight excluding hydrogens is 486 g/mol. The second kappa shape index (κ2) is 13.3. The van der Waals surface area contributed by atoms with Crippen LogP contribution in [0.4, 0.5) is 5.69 Å². The molecular formula is C33H45N3O3. The van der Waals surface area contributed by atoms with E-state index < -0.39 is 0 Å². The molecule has 2 aromatic rings. The molecule has 1 aromatic carbocycles. The molecule has 0 aliphatic heterocycles. The van der Waals surface area contributed by atoms with Crippen molar-refractivity contribution in [3.8, 4) is 11.3 Å². The van der Waals surface area contributed by atoms with Crippen LogP contribution in [0.2, 0.25) is 0 Å². The second-order valence-corrected chi connectivity index (χ2v) is 11.6. The number of imidazole rings is 1. The van der Waals surface area contributed by atoms with Crippen LogP contribution in [0.3, 0.4) is 0 Å². The highest BCUT2D eigenvalue weighted by Crippen LogP contribution is 2.36. The zero-order valence-corrected chi connectivity index (χ0v) is 24.1. The lowest BCUT2D eigenvalue weighted by Crippen LogP contribution is -2.42. The van der Waals surface area contributed by atoms with Crippen molar-refractivity contribution >= 4 is 11.6 Å². The van der Waals surface area contributed by atoms with Gasteiger partial charge in [-0.3, -0.25) is 4.79 Å². The summed E-state index contributed by atoms with van der Waals surface area (Å²) in [6.07, 6.45) is 14.9. The lowest BCUT2D eigenvalue weighted by molar-refractivity contribution is -0.124. The van der Waals surface area contributed by atoms with Crippen molar-refractivity contribution in [1.29, 1.82) is 0 Å². The number of aromatic nitrogens is 2. The van der Waals surface area contributed by atoms with E-state index in [0.717, 1.165) is 78.9 Å². The number of amides is 1. The van der Waals surface area contributed by atoms with Gasteiger partial charge in [0.25, 0.3) is 0 Å². The molecule has 0 saturated heterocycles. The number of carbonyl (C=O) groups excluding carboxylic acids is 1. The topological polar surface area (TPSA) is 67.6 Å². The fourth-order valence-corrected chi connectivity index (χ4v) is 5.99. The Kier molecular flexibility index (Phi) is 9.84. The summed E-state index contributed by atoms with van der Waals surface area (Å²) in [7, 11) is 3.67. The summed E-state index contributed by atoms with van der Waals surface area (Å²) in [6, 6.07) is 8.24. The quantitative estimate of drug-likeness (QED) is 0.284. The van der Waals surface area contributed by atoms with Gasteiger partial charge in [-0.2, -0.15) is 0 Å². The van der Waals surface area contributed by atoms with Crippen molar-refractivity contribution < 1.29 is 14.6 Å². The smallest absolute Gasteiger partial charge is 0.230 e. The van der Waals surface area contributed by atoms with E-state index in [4.69, 9.17) is 4.74 Å². The Morgan fingerprint density at radius 3 is 2.41 bits per heavy atom. The van der Waals surface area contributed by atoms with E-state index in [9.17, 15) is 9.90 Å². The number of aliphatic hydroxyl groups excluding tert-OH is 1. The molecule has 2 fully saturated rings. The number of nitrogens with zero attached hydrogens (tertiary/aromatic N) is 3. The normalized spacial score (nSPS) is 23.4. The molecule has 1 amide bonds. The van der Waals surface area contributed by atoms with Crippen LogP contribution in [0, 0.1) is 17.8 Å². The maximum Gasteiger partial charge on any atom is 0.230 e. The number of benzene rings is 1. The van der Waals surface area contributed by atoms with Gasteiger partial charge in [0, 0.05) is 37.0 Å². The number of hydrogen-bond donors (Lipinski definition) is 1. The molecule has 0 atom stereocenters. The van der Waals surface area contributed by atoms with Crippen LogP contribution < -0.4 is 4.90 Å². The number of methoxy groups -OCH3 is 1. The average molecular weight is 532 g/mol. The Morgan fingerprint density at radius 1 is 1.10 bits per heavy atom. The minimum absolute atomic E-state index is 0.0294. The summed E-state index contributed by atoms with van der Waals surface area (Å²) in [5.41, 5.74) is 5.17. The van der Waals surface area contributed by atoms with Gasteiger partial charge in [0.1, 0.15) is 5.76 Å². The van der Waals surface area contributed by atoms with Crippen molar-refractivity contribution in [2.45, 2.75) is 71.3 Å². The zero-order chi connectivity index (χ0) is 27.9. The predicted octanol–water partition coefficient (Wildman–Crippen LogP) is 6.83. The van der Waals surface area contributed by atoms with E-state index in [1.165, 1.54) is 0 Å². The number of aryl methyl sites for hydroxylation is 1. The van der Waals surface area contributed by atoms with E-state index in [-0.39, 0.29) is 17.9 Å². The number of ether oxygens (including phenoxy) is 1. The van der Waals surface area contributed by atoms with Gasteiger partial charge in [-0.05, 0) is 101 Å². The Bertz CT molecular complexity index is 1190. The van der Waals surface area contributed by atoms with E-state index >= 15 is 0 Å². The van der Waals surface area contributed by atoms with Crippen LogP contribution in [0.25, 0.3) is 11.3 Å². The highest BCUT2D eigenvalue weighted by Gasteiger charge is 2.32. The first-order valence-corrected chi connectivity index (χ1v) is 14.4. The van der Waals surface area contributed by atoms with Gasteiger partial charge in [0.2, 0.25) is 5.91 Å². The highest BCUT2D eigenvalue weighted by molar-refractivity contribution is 5.95. The number of aliphatic hydroxyl groups is 1. The van der Waals surface area contributed by atoms with Crippen LogP contribution in [-0.4, -0.2) is 40.3 Å². The van der Waals surface area contributed by atoms with Crippen molar-refractivity contribution in [2.24, 2.45) is 24.8 Å². The van der Waals surface area contributed by atoms with Crippen LogP contribution >= 0.6 is 0 Å². The molecule has 1 heterocycles. The molecule has 1 aromatic heterocycles. The van der Waals surface area contributed by atoms with Gasteiger partial charge in [-0.1, -0.05) is 30.4 Å². The van der Waals surface area contributed by atoms with Crippen molar-refractivity contribution in [3.05, 3.63) is 72.4 Å². The summed E-state index contributed by atoms with van der Waals surface area (Å²) in [5.74, 6) is 1.97. The molecule has 2 saturated carbocycles. The molecule has 6 heteroatoms. The lowest BCUT2D eigenvalue weighted by atomic mass is 9.78. The molecule has 0 spiro atoms. The third-order valence-electron chi connectivity index (χ3n) is 8.44. The third kappa shape index (κ3) is 7.51. The summed E-state index contributed by atoms with van der Waals surface area (Å²) in [5, 5.41) is 10.0. The predicted molar refractivity (Wildman–Crippen MR) is 158 cm³/mol. The molecule has 39 heavy (non-hydrogen) atoms. The molecule has 0 unspecified atom stereocenters. The van der Waals surface area contributed by atoms with Crippen LogP contribution in [0.5, 0.6) is 0 Å². The first-order valence-electron chi connectivity index (χ1n) is 14.4. The SMILES string of the molecule is C=C(/C=C\C(OC)=C(C)C)C1CCC(CN(C(=O)C2CCC(O)CC2)c2cccc(-c3cn(C)cn3)c2)CC1. The fraction of sp³-hybridized carbons (Fsp3) is 0.515.